The molecule has 3 aliphatic rings. The zero-order valence-corrected chi connectivity index (χ0v) is 23.2. The highest BCUT2D eigenvalue weighted by atomic mass is 32.2. The van der Waals surface area contributed by atoms with E-state index in [4.69, 9.17) is 9.47 Å². The minimum Gasteiger partial charge on any atom is -0.462 e. The van der Waals surface area contributed by atoms with Crippen LogP contribution in [0.4, 0.5) is 5.69 Å². The zero-order chi connectivity index (χ0) is 25.5. The van der Waals surface area contributed by atoms with Gasteiger partial charge in [-0.3, -0.25) is 4.79 Å². The predicted molar refractivity (Wildman–Crippen MR) is 145 cm³/mol. The van der Waals surface area contributed by atoms with Gasteiger partial charge in [0, 0.05) is 22.5 Å². The summed E-state index contributed by atoms with van der Waals surface area (Å²) in [6, 6.07) is 6.09. The van der Waals surface area contributed by atoms with E-state index in [0.717, 1.165) is 27.3 Å². The average Bonchev–Trinajstić information content (AvgIpc) is 3.23. The predicted octanol–water partition coefficient (Wildman–Crippen LogP) is 6.02. The van der Waals surface area contributed by atoms with Crippen molar-refractivity contribution in [2.24, 2.45) is 0 Å². The van der Waals surface area contributed by atoms with Crippen molar-refractivity contribution in [1.82, 2.24) is 0 Å². The Labute approximate surface area is 218 Å². The van der Waals surface area contributed by atoms with Crippen LogP contribution < -0.4 is 4.90 Å². The monoisotopic (exact) mass is 531 g/mol. The topological polar surface area (TPSA) is 72.9 Å². The molecule has 6 nitrogen and oxygen atoms in total. The summed E-state index contributed by atoms with van der Waals surface area (Å²) in [6.45, 7) is 12.0. The third-order valence-corrected chi connectivity index (χ3v) is 10.2. The van der Waals surface area contributed by atoms with Crippen LogP contribution >= 0.6 is 35.3 Å². The van der Waals surface area contributed by atoms with Crippen LogP contribution in [0.3, 0.4) is 0 Å². The second-order valence-electron chi connectivity index (χ2n) is 8.79. The number of hydrogen-bond donors (Lipinski definition) is 0. The summed E-state index contributed by atoms with van der Waals surface area (Å²) in [7, 11) is 0. The SMILES string of the molecule is CCOC(=O)C1=C[C@]2(SC=C(C(=O)OCC)S2)C2=C(S1)C(C)(C)N(C(=O)CC)c1ccc(C)cc12. The lowest BCUT2D eigenvalue weighted by Gasteiger charge is -2.49. The lowest BCUT2D eigenvalue weighted by Crippen LogP contribution is -2.52. The first-order valence-corrected chi connectivity index (χ1v) is 14.1. The van der Waals surface area contributed by atoms with Crippen molar-refractivity contribution in [3.63, 3.8) is 0 Å². The molecule has 186 valence electrons. The number of fused-ring (bicyclic) bond motifs is 3. The standard InChI is InChI=1S/C26H29NO5S3/c1-7-20(28)27-17-11-10-15(4)12-16(17)21-22(25(27,5)6)34-18(23(29)31-8-2)13-26(21)33-14-19(35-26)24(30)32-9-3/h10-14H,7-9H2,1-6H3/t26-/m1/s1. The van der Waals surface area contributed by atoms with E-state index in [2.05, 4.69) is 6.07 Å². The van der Waals surface area contributed by atoms with Gasteiger partial charge < -0.3 is 14.4 Å². The Hall–Kier alpha value is -2.10. The van der Waals surface area contributed by atoms with Crippen LogP contribution in [-0.4, -0.2) is 40.7 Å². The maximum absolute atomic E-state index is 13.3. The molecule has 0 saturated carbocycles. The first-order valence-electron chi connectivity index (χ1n) is 11.6. The number of nitrogens with zero attached hydrogens (tertiary/aromatic N) is 1. The van der Waals surface area contributed by atoms with E-state index in [1.54, 1.807) is 13.8 Å². The molecule has 0 N–H and O–H groups in total. The second-order valence-corrected chi connectivity index (χ2v) is 12.5. The molecule has 3 aliphatic heterocycles. The quantitative estimate of drug-likeness (QED) is 0.428. The Balaban J connectivity index is 1.96. The van der Waals surface area contributed by atoms with E-state index < -0.39 is 15.6 Å². The number of thioether (sulfide) groups is 3. The van der Waals surface area contributed by atoms with E-state index in [1.807, 2.05) is 56.2 Å². The Morgan fingerprint density at radius 2 is 1.66 bits per heavy atom. The van der Waals surface area contributed by atoms with E-state index in [-0.39, 0.29) is 25.1 Å². The molecule has 1 aromatic carbocycles. The van der Waals surface area contributed by atoms with Crippen molar-refractivity contribution in [1.29, 1.82) is 0 Å². The van der Waals surface area contributed by atoms with Crippen molar-refractivity contribution >= 4 is 64.4 Å². The summed E-state index contributed by atoms with van der Waals surface area (Å²) >= 11 is 4.22. The van der Waals surface area contributed by atoms with Crippen LogP contribution in [0.5, 0.6) is 0 Å². The van der Waals surface area contributed by atoms with Crippen LogP contribution in [-0.2, 0) is 23.9 Å². The van der Waals surface area contributed by atoms with Gasteiger partial charge in [-0.1, -0.05) is 42.1 Å². The normalized spacial score (nSPS) is 22.3. The smallest absolute Gasteiger partial charge is 0.345 e. The number of ether oxygens (including phenoxy) is 2. The summed E-state index contributed by atoms with van der Waals surface area (Å²) in [5.74, 6) is -0.783. The number of esters is 2. The van der Waals surface area contributed by atoms with Crippen LogP contribution in [0.15, 0.2) is 44.4 Å². The minimum atomic E-state index is -0.772. The Morgan fingerprint density at radius 1 is 1.00 bits per heavy atom. The highest BCUT2D eigenvalue weighted by Crippen LogP contribution is 2.66. The van der Waals surface area contributed by atoms with E-state index >= 15 is 0 Å². The molecule has 0 unspecified atom stereocenters. The van der Waals surface area contributed by atoms with Gasteiger partial charge in [0.05, 0.1) is 29.3 Å². The molecule has 1 atom stereocenters. The molecule has 0 radical (unpaired) electrons. The minimum absolute atomic E-state index is 0.00519. The van der Waals surface area contributed by atoms with Gasteiger partial charge in [-0.15, -0.1) is 11.8 Å². The lowest BCUT2D eigenvalue weighted by atomic mass is 9.84. The van der Waals surface area contributed by atoms with Crippen LogP contribution in [0.25, 0.3) is 5.57 Å². The van der Waals surface area contributed by atoms with Gasteiger partial charge in [0.15, 0.2) is 0 Å². The van der Waals surface area contributed by atoms with Gasteiger partial charge in [0.25, 0.3) is 0 Å². The largest absolute Gasteiger partial charge is 0.462 e. The number of anilines is 1. The summed E-state index contributed by atoms with van der Waals surface area (Å²) in [6.07, 6.45) is 2.26. The van der Waals surface area contributed by atoms with Crippen molar-refractivity contribution in [3.8, 4) is 0 Å². The maximum Gasteiger partial charge on any atom is 0.345 e. The van der Waals surface area contributed by atoms with Crippen molar-refractivity contribution in [3.05, 3.63) is 55.5 Å². The van der Waals surface area contributed by atoms with Crippen LogP contribution in [0.1, 0.15) is 52.2 Å². The fraction of sp³-hybridized carbons (Fsp3) is 0.423. The van der Waals surface area contributed by atoms with Crippen molar-refractivity contribution in [2.75, 3.05) is 18.1 Å². The number of carbonyl (C=O) groups excluding carboxylic acids is 3. The molecule has 0 saturated heterocycles. The fourth-order valence-electron chi connectivity index (χ4n) is 4.51. The molecule has 0 aliphatic carbocycles. The highest BCUT2D eigenvalue weighted by Gasteiger charge is 2.53. The number of aryl methyl sites for hydroxylation is 1. The number of hydrogen-bond acceptors (Lipinski definition) is 8. The summed E-state index contributed by atoms with van der Waals surface area (Å²) in [5, 5.41) is 1.81. The molecule has 1 spiro atoms. The van der Waals surface area contributed by atoms with Gasteiger partial charge in [-0.25, -0.2) is 9.59 Å². The van der Waals surface area contributed by atoms with Crippen molar-refractivity contribution < 1.29 is 23.9 Å². The molecule has 4 rings (SSSR count). The van der Waals surface area contributed by atoms with Gasteiger partial charge in [0.1, 0.15) is 8.98 Å². The van der Waals surface area contributed by atoms with Gasteiger partial charge >= 0.3 is 11.9 Å². The molecule has 35 heavy (non-hydrogen) atoms. The van der Waals surface area contributed by atoms with Gasteiger partial charge in [-0.05, 0) is 58.2 Å². The summed E-state index contributed by atoms with van der Waals surface area (Å²) < 4.78 is 9.87. The van der Waals surface area contributed by atoms with Gasteiger partial charge in [0.2, 0.25) is 5.91 Å². The number of rotatable bonds is 5. The zero-order valence-electron chi connectivity index (χ0n) is 20.7. The Kier molecular flexibility index (Phi) is 7.23. The molecular formula is C26H29NO5S3. The molecule has 1 amide bonds. The number of amides is 1. The Morgan fingerprint density at radius 3 is 2.29 bits per heavy atom. The summed E-state index contributed by atoms with van der Waals surface area (Å²) in [4.78, 5) is 42.6. The molecule has 0 aromatic heterocycles. The fourth-order valence-corrected chi connectivity index (χ4v) is 8.89. The molecule has 0 fully saturated rings. The first-order chi connectivity index (χ1) is 16.6. The van der Waals surface area contributed by atoms with Crippen LogP contribution in [0, 0.1) is 6.92 Å². The number of benzene rings is 1. The lowest BCUT2D eigenvalue weighted by molar-refractivity contribution is -0.138. The molecular weight excluding hydrogens is 502 g/mol. The molecule has 9 heteroatoms. The third-order valence-electron chi connectivity index (χ3n) is 5.99. The average molecular weight is 532 g/mol. The van der Waals surface area contributed by atoms with E-state index in [0.29, 0.717) is 16.2 Å². The van der Waals surface area contributed by atoms with E-state index in [1.165, 1.54) is 35.3 Å². The van der Waals surface area contributed by atoms with E-state index in [9.17, 15) is 14.4 Å². The van der Waals surface area contributed by atoms with Crippen molar-refractivity contribution in [2.45, 2.75) is 57.6 Å². The first kappa shape index (κ1) is 26.0. The third kappa shape index (κ3) is 4.36. The van der Waals surface area contributed by atoms with Gasteiger partial charge in [-0.2, -0.15) is 0 Å². The summed E-state index contributed by atoms with van der Waals surface area (Å²) in [5.41, 5.74) is 3.12. The molecule has 1 aromatic rings. The molecule has 3 heterocycles. The number of carbonyl (C=O) groups is 3. The van der Waals surface area contributed by atoms with Crippen LogP contribution in [0.2, 0.25) is 0 Å². The Bertz CT molecular complexity index is 1200. The molecule has 0 bridgehead atoms. The second kappa shape index (κ2) is 9.75. The highest BCUT2D eigenvalue weighted by molar-refractivity contribution is 8.25. The maximum atomic E-state index is 13.3.